The van der Waals surface area contributed by atoms with E-state index in [4.69, 9.17) is 9.47 Å². The van der Waals surface area contributed by atoms with Gasteiger partial charge in [0.25, 0.3) is 0 Å². The summed E-state index contributed by atoms with van der Waals surface area (Å²) in [6, 6.07) is 10.5. The summed E-state index contributed by atoms with van der Waals surface area (Å²) in [4.78, 5) is 12.8. The average molecular weight is 392 g/mol. The Hall–Kier alpha value is -1.59. The number of hydrogen-bond acceptors (Lipinski definition) is 3. The summed E-state index contributed by atoms with van der Waals surface area (Å²) in [6.07, 6.45) is 3.09. The van der Waals surface area contributed by atoms with E-state index in [0.29, 0.717) is 6.61 Å². The van der Waals surface area contributed by atoms with Crippen molar-refractivity contribution in [3.8, 4) is 0 Å². The Balaban J connectivity index is 0.000000266. The van der Waals surface area contributed by atoms with Crippen LogP contribution in [0.5, 0.6) is 0 Å². The summed E-state index contributed by atoms with van der Waals surface area (Å²) in [7, 11) is 0. The van der Waals surface area contributed by atoms with Crippen LogP contribution in [0.3, 0.4) is 0 Å². The van der Waals surface area contributed by atoms with E-state index in [-0.39, 0.29) is 29.4 Å². The molecule has 5 heteroatoms. The Kier molecular flexibility index (Phi) is 7.52. The third kappa shape index (κ3) is 7.44. The number of piperidine rings is 1. The molecule has 0 aromatic heterocycles. The zero-order valence-corrected chi connectivity index (χ0v) is 18.3. The fourth-order valence-electron chi connectivity index (χ4n) is 4.28. The summed E-state index contributed by atoms with van der Waals surface area (Å²) in [5.74, 6) is 0. The number of rotatable bonds is 3. The SMILES string of the molecule is CC(C)(C)OC(C)(C)C.O=C(O)N1C2CCC1CC(OCc1ccccc1)C2. The molecule has 2 saturated heterocycles. The fraction of sp³-hybridized carbons (Fsp3) is 0.696. The molecular formula is C23H37NO4. The lowest BCUT2D eigenvalue weighted by Gasteiger charge is -2.36. The highest BCUT2D eigenvalue weighted by Crippen LogP contribution is 2.37. The van der Waals surface area contributed by atoms with Crippen LogP contribution in [0.4, 0.5) is 4.79 Å². The van der Waals surface area contributed by atoms with E-state index in [0.717, 1.165) is 25.7 Å². The van der Waals surface area contributed by atoms with Gasteiger partial charge in [0.15, 0.2) is 0 Å². The molecule has 2 unspecified atom stereocenters. The summed E-state index contributed by atoms with van der Waals surface area (Å²) in [5, 5.41) is 9.20. The Morgan fingerprint density at radius 2 is 1.50 bits per heavy atom. The van der Waals surface area contributed by atoms with Gasteiger partial charge in [-0.25, -0.2) is 4.79 Å². The molecule has 0 saturated carbocycles. The minimum Gasteiger partial charge on any atom is -0.465 e. The highest BCUT2D eigenvalue weighted by atomic mass is 16.5. The number of fused-ring (bicyclic) bond motifs is 2. The van der Waals surface area contributed by atoms with E-state index in [2.05, 4.69) is 53.7 Å². The molecule has 0 aliphatic carbocycles. The Bertz CT molecular complexity index is 592. The molecule has 1 aromatic carbocycles. The number of carboxylic acid groups (broad SMARTS) is 1. The zero-order valence-electron chi connectivity index (χ0n) is 18.3. The topological polar surface area (TPSA) is 59.0 Å². The summed E-state index contributed by atoms with van der Waals surface area (Å²) >= 11 is 0. The third-order valence-corrected chi connectivity index (χ3v) is 4.85. The smallest absolute Gasteiger partial charge is 0.407 e. The van der Waals surface area contributed by atoms with E-state index in [1.54, 1.807) is 4.90 Å². The van der Waals surface area contributed by atoms with Crippen LogP contribution in [-0.2, 0) is 16.1 Å². The van der Waals surface area contributed by atoms with Gasteiger partial charge in [-0.05, 0) is 72.8 Å². The van der Waals surface area contributed by atoms with Crippen molar-refractivity contribution in [2.45, 2.75) is 103 Å². The maximum Gasteiger partial charge on any atom is 0.407 e. The Morgan fingerprint density at radius 3 is 1.89 bits per heavy atom. The highest BCUT2D eigenvalue weighted by molar-refractivity contribution is 5.66. The number of ether oxygens (including phenoxy) is 2. The van der Waals surface area contributed by atoms with Gasteiger partial charge >= 0.3 is 6.09 Å². The van der Waals surface area contributed by atoms with Crippen LogP contribution in [0, 0.1) is 0 Å². The van der Waals surface area contributed by atoms with Crippen LogP contribution >= 0.6 is 0 Å². The largest absolute Gasteiger partial charge is 0.465 e. The van der Waals surface area contributed by atoms with Crippen molar-refractivity contribution in [3.05, 3.63) is 35.9 Å². The monoisotopic (exact) mass is 391 g/mol. The maximum atomic E-state index is 11.2. The lowest BCUT2D eigenvalue weighted by atomic mass is 10.0. The third-order valence-electron chi connectivity index (χ3n) is 4.85. The normalized spacial score (nSPS) is 24.5. The van der Waals surface area contributed by atoms with Crippen molar-refractivity contribution in [3.63, 3.8) is 0 Å². The molecule has 158 valence electrons. The summed E-state index contributed by atoms with van der Waals surface area (Å²) in [6.45, 7) is 13.0. The predicted octanol–water partition coefficient (Wildman–Crippen LogP) is 5.48. The van der Waals surface area contributed by atoms with Crippen molar-refractivity contribution >= 4 is 6.09 Å². The first-order valence-corrected chi connectivity index (χ1v) is 10.3. The van der Waals surface area contributed by atoms with E-state index in [1.165, 1.54) is 5.56 Å². The van der Waals surface area contributed by atoms with Crippen LogP contribution in [0.2, 0.25) is 0 Å². The molecule has 0 radical (unpaired) electrons. The molecule has 5 nitrogen and oxygen atoms in total. The van der Waals surface area contributed by atoms with Gasteiger partial charge in [-0.3, -0.25) is 0 Å². The molecule has 2 bridgehead atoms. The van der Waals surface area contributed by atoms with Gasteiger partial charge in [0, 0.05) is 12.1 Å². The molecule has 1 aromatic rings. The van der Waals surface area contributed by atoms with Gasteiger partial charge < -0.3 is 19.5 Å². The molecule has 2 atom stereocenters. The first-order valence-electron chi connectivity index (χ1n) is 10.3. The van der Waals surface area contributed by atoms with E-state index in [9.17, 15) is 9.90 Å². The minimum atomic E-state index is -0.769. The molecule has 0 spiro atoms. The minimum absolute atomic E-state index is 0.0156. The maximum absolute atomic E-state index is 11.2. The van der Waals surface area contributed by atoms with Gasteiger partial charge in [0.05, 0.1) is 23.9 Å². The molecule has 1 amide bonds. The number of hydrogen-bond donors (Lipinski definition) is 1. The van der Waals surface area contributed by atoms with Crippen molar-refractivity contribution in [1.29, 1.82) is 0 Å². The molecule has 2 aliphatic rings. The van der Waals surface area contributed by atoms with E-state index < -0.39 is 6.09 Å². The van der Waals surface area contributed by atoms with Gasteiger partial charge in [-0.15, -0.1) is 0 Å². The van der Waals surface area contributed by atoms with Crippen LogP contribution in [0.25, 0.3) is 0 Å². The second kappa shape index (κ2) is 9.27. The van der Waals surface area contributed by atoms with Gasteiger partial charge in [-0.1, -0.05) is 30.3 Å². The molecule has 2 aliphatic heterocycles. The van der Waals surface area contributed by atoms with E-state index >= 15 is 0 Å². The van der Waals surface area contributed by atoms with Gasteiger partial charge in [0.2, 0.25) is 0 Å². The highest BCUT2D eigenvalue weighted by Gasteiger charge is 2.43. The second-order valence-electron chi connectivity index (χ2n) is 9.79. The number of amides is 1. The lowest BCUT2D eigenvalue weighted by Crippen LogP contribution is -2.47. The van der Waals surface area contributed by atoms with Crippen LogP contribution in [0.1, 0.15) is 72.8 Å². The molecule has 28 heavy (non-hydrogen) atoms. The fourth-order valence-corrected chi connectivity index (χ4v) is 4.28. The Morgan fingerprint density at radius 1 is 1.00 bits per heavy atom. The zero-order chi connectivity index (χ0) is 20.9. The van der Waals surface area contributed by atoms with Crippen molar-refractivity contribution in [2.75, 3.05) is 0 Å². The summed E-state index contributed by atoms with van der Waals surface area (Å²) < 4.78 is 11.6. The first kappa shape index (κ1) is 22.7. The van der Waals surface area contributed by atoms with Crippen LogP contribution in [0.15, 0.2) is 30.3 Å². The molecule has 2 heterocycles. The molecule has 3 rings (SSSR count). The quantitative estimate of drug-likeness (QED) is 0.741. The average Bonchev–Trinajstić information content (AvgIpc) is 2.82. The van der Waals surface area contributed by atoms with Crippen LogP contribution < -0.4 is 0 Å². The van der Waals surface area contributed by atoms with Crippen molar-refractivity contribution < 1.29 is 19.4 Å². The molecule has 1 N–H and O–H groups in total. The lowest BCUT2D eigenvalue weighted by molar-refractivity contribution is -0.102. The number of nitrogens with zero attached hydrogens (tertiary/aromatic N) is 1. The molecule has 2 fully saturated rings. The standard InChI is InChI=1S/C15H19NO3.C8H18O/c17-15(18)16-12-6-7-13(16)9-14(8-12)19-10-11-4-2-1-3-5-11;1-7(2,3)9-8(4,5)6/h1-5,12-14H,6-10H2,(H,17,18);1-6H3. The summed E-state index contributed by atoms with van der Waals surface area (Å²) in [5.41, 5.74) is 1.15. The second-order valence-corrected chi connectivity index (χ2v) is 9.79. The first-order chi connectivity index (χ1) is 12.9. The number of carbonyl (C=O) groups is 1. The van der Waals surface area contributed by atoms with Crippen molar-refractivity contribution in [2.24, 2.45) is 0 Å². The Labute approximate surface area is 170 Å². The van der Waals surface area contributed by atoms with Crippen LogP contribution in [-0.4, -0.2) is 45.5 Å². The predicted molar refractivity (Wildman–Crippen MR) is 112 cm³/mol. The van der Waals surface area contributed by atoms with Gasteiger partial charge in [-0.2, -0.15) is 0 Å². The molecular weight excluding hydrogens is 354 g/mol. The van der Waals surface area contributed by atoms with Gasteiger partial charge in [0.1, 0.15) is 0 Å². The number of benzene rings is 1. The van der Waals surface area contributed by atoms with E-state index in [1.807, 2.05) is 18.2 Å². The van der Waals surface area contributed by atoms with Crippen molar-refractivity contribution in [1.82, 2.24) is 4.90 Å².